The molecule has 1 heterocycles. The summed E-state index contributed by atoms with van der Waals surface area (Å²) in [7, 11) is 0. The molecule has 2 aromatic carbocycles. The molecule has 0 atom stereocenters. The molecule has 0 aromatic heterocycles. The Morgan fingerprint density at radius 2 is 1.43 bits per heavy atom. The molecular formula is C27H30N2O6. The van der Waals surface area contributed by atoms with E-state index in [0.29, 0.717) is 12.8 Å². The molecule has 3 aliphatic rings. The number of rotatable bonds is 6. The fourth-order valence-electron chi connectivity index (χ4n) is 5.67. The SMILES string of the molecule is O=C(NC1(C(=O)NC2(C(=O)O)CCOCC2)CCCC1)OCC1c2ccccc2-c2ccccc21. The van der Waals surface area contributed by atoms with Crippen molar-refractivity contribution in [3.63, 3.8) is 0 Å². The first-order valence-electron chi connectivity index (χ1n) is 12.2. The van der Waals surface area contributed by atoms with Crippen molar-refractivity contribution in [2.45, 2.75) is 55.5 Å². The van der Waals surface area contributed by atoms with E-state index in [-0.39, 0.29) is 38.6 Å². The van der Waals surface area contributed by atoms with E-state index in [4.69, 9.17) is 9.47 Å². The molecule has 0 spiro atoms. The number of nitrogens with one attached hydrogen (secondary N) is 2. The monoisotopic (exact) mass is 478 g/mol. The third kappa shape index (κ3) is 4.27. The lowest BCUT2D eigenvalue weighted by Gasteiger charge is -2.38. The van der Waals surface area contributed by atoms with Gasteiger partial charge in [-0.05, 0) is 35.1 Å². The minimum Gasteiger partial charge on any atom is -0.480 e. The van der Waals surface area contributed by atoms with E-state index in [2.05, 4.69) is 22.8 Å². The highest BCUT2D eigenvalue weighted by Gasteiger charge is 2.49. The van der Waals surface area contributed by atoms with Crippen LogP contribution in [0.2, 0.25) is 0 Å². The summed E-state index contributed by atoms with van der Waals surface area (Å²) >= 11 is 0. The fraction of sp³-hybridized carbons (Fsp3) is 0.444. The number of alkyl carbamates (subject to hydrolysis) is 1. The average Bonchev–Trinajstić information content (AvgIpc) is 3.47. The smallest absolute Gasteiger partial charge is 0.408 e. The lowest BCUT2D eigenvalue weighted by Crippen LogP contribution is -2.65. The Labute approximate surface area is 204 Å². The highest BCUT2D eigenvalue weighted by atomic mass is 16.5. The summed E-state index contributed by atoms with van der Waals surface area (Å²) in [6.45, 7) is 0.673. The molecule has 1 saturated carbocycles. The first kappa shape index (κ1) is 23.4. The first-order valence-corrected chi connectivity index (χ1v) is 12.2. The standard InChI is InChI=1S/C27H30N2O6/c30-23(28-27(24(31)32)13-15-34-16-14-27)26(11-5-6-12-26)29-25(33)35-17-22-20-9-3-1-7-18(20)19-8-2-4-10-21(19)22/h1-4,7-10,22H,5-6,11-17H2,(H,28,30)(H,29,33)(H,31,32). The maximum Gasteiger partial charge on any atom is 0.408 e. The van der Waals surface area contributed by atoms with Crippen LogP contribution in [0.3, 0.4) is 0 Å². The molecule has 1 aliphatic heterocycles. The van der Waals surface area contributed by atoms with Crippen LogP contribution in [0.4, 0.5) is 4.79 Å². The van der Waals surface area contributed by atoms with Gasteiger partial charge in [0.1, 0.15) is 17.7 Å². The molecule has 2 aromatic rings. The summed E-state index contributed by atoms with van der Waals surface area (Å²) in [5.74, 6) is -1.63. The van der Waals surface area contributed by atoms with Gasteiger partial charge in [-0.1, -0.05) is 61.4 Å². The predicted octanol–water partition coefficient (Wildman–Crippen LogP) is 3.59. The number of hydrogen-bond acceptors (Lipinski definition) is 5. The Balaban J connectivity index is 1.28. The van der Waals surface area contributed by atoms with Crippen molar-refractivity contribution in [3.8, 4) is 11.1 Å². The van der Waals surface area contributed by atoms with Crippen molar-refractivity contribution in [1.29, 1.82) is 0 Å². The maximum atomic E-state index is 13.4. The van der Waals surface area contributed by atoms with Gasteiger partial charge in [-0.2, -0.15) is 0 Å². The van der Waals surface area contributed by atoms with Crippen molar-refractivity contribution in [2.24, 2.45) is 0 Å². The molecule has 184 valence electrons. The zero-order valence-electron chi connectivity index (χ0n) is 19.5. The largest absolute Gasteiger partial charge is 0.480 e. The van der Waals surface area contributed by atoms with Gasteiger partial charge in [-0.25, -0.2) is 9.59 Å². The molecule has 3 N–H and O–H groups in total. The Bertz CT molecular complexity index is 1090. The summed E-state index contributed by atoms with van der Waals surface area (Å²) in [5.41, 5.74) is 1.94. The number of carbonyl (C=O) groups is 3. The van der Waals surface area contributed by atoms with E-state index in [1.165, 1.54) is 0 Å². The summed E-state index contributed by atoms with van der Waals surface area (Å²) in [4.78, 5) is 38.4. The molecule has 5 rings (SSSR count). The van der Waals surface area contributed by atoms with Crippen molar-refractivity contribution in [1.82, 2.24) is 10.6 Å². The van der Waals surface area contributed by atoms with Crippen molar-refractivity contribution < 1.29 is 29.0 Å². The second kappa shape index (κ2) is 9.34. The zero-order valence-corrected chi connectivity index (χ0v) is 19.5. The molecule has 0 radical (unpaired) electrons. The summed E-state index contributed by atoms with van der Waals surface area (Å²) in [6.07, 6.45) is 2.12. The molecule has 0 bridgehead atoms. The van der Waals surface area contributed by atoms with Crippen molar-refractivity contribution >= 4 is 18.0 Å². The van der Waals surface area contributed by atoms with Crippen LogP contribution in [0.15, 0.2) is 48.5 Å². The van der Waals surface area contributed by atoms with Gasteiger partial charge < -0.3 is 25.2 Å². The summed E-state index contributed by atoms with van der Waals surface area (Å²) in [5, 5.41) is 15.4. The van der Waals surface area contributed by atoms with Crippen LogP contribution in [0.25, 0.3) is 11.1 Å². The summed E-state index contributed by atoms with van der Waals surface area (Å²) in [6, 6.07) is 16.2. The Hall–Kier alpha value is -3.39. The van der Waals surface area contributed by atoms with Crippen molar-refractivity contribution in [3.05, 3.63) is 59.7 Å². The van der Waals surface area contributed by atoms with Gasteiger partial charge in [-0.15, -0.1) is 0 Å². The van der Waals surface area contributed by atoms with Gasteiger partial charge in [0.05, 0.1) is 0 Å². The van der Waals surface area contributed by atoms with E-state index in [9.17, 15) is 19.5 Å². The molecule has 2 amide bonds. The van der Waals surface area contributed by atoms with Gasteiger partial charge in [0.15, 0.2) is 0 Å². The topological polar surface area (TPSA) is 114 Å². The van der Waals surface area contributed by atoms with Gasteiger partial charge in [0, 0.05) is 32.0 Å². The molecule has 0 unspecified atom stereocenters. The minimum atomic E-state index is -1.38. The summed E-state index contributed by atoms with van der Waals surface area (Å²) < 4.78 is 11.0. The van der Waals surface area contributed by atoms with Crippen LogP contribution in [-0.4, -0.2) is 54.0 Å². The second-order valence-corrected chi connectivity index (χ2v) is 9.69. The van der Waals surface area contributed by atoms with Gasteiger partial charge in [0.2, 0.25) is 5.91 Å². The highest BCUT2D eigenvalue weighted by molar-refractivity contribution is 5.94. The number of ether oxygens (including phenoxy) is 2. The lowest BCUT2D eigenvalue weighted by molar-refractivity contribution is -0.153. The fourth-order valence-corrected chi connectivity index (χ4v) is 5.67. The number of aliphatic carboxylic acids is 1. The van der Waals surface area contributed by atoms with Crippen LogP contribution in [-0.2, 0) is 19.1 Å². The number of amides is 2. The van der Waals surface area contributed by atoms with E-state index in [0.717, 1.165) is 35.1 Å². The third-order valence-electron chi connectivity index (χ3n) is 7.69. The number of hydrogen-bond donors (Lipinski definition) is 3. The predicted molar refractivity (Wildman–Crippen MR) is 128 cm³/mol. The Kier molecular flexibility index (Phi) is 6.23. The van der Waals surface area contributed by atoms with Crippen LogP contribution in [0.1, 0.15) is 55.6 Å². The lowest BCUT2D eigenvalue weighted by atomic mass is 9.87. The van der Waals surface area contributed by atoms with Crippen LogP contribution in [0.5, 0.6) is 0 Å². The number of carboxylic acid groups (broad SMARTS) is 1. The molecular weight excluding hydrogens is 448 g/mol. The maximum absolute atomic E-state index is 13.4. The number of benzene rings is 2. The normalized spacial score (nSPS) is 19.9. The third-order valence-corrected chi connectivity index (χ3v) is 7.69. The van der Waals surface area contributed by atoms with Gasteiger partial charge in [-0.3, -0.25) is 4.79 Å². The van der Waals surface area contributed by atoms with Gasteiger partial charge >= 0.3 is 12.1 Å². The van der Waals surface area contributed by atoms with Crippen LogP contribution >= 0.6 is 0 Å². The number of fused-ring (bicyclic) bond motifs is 3. The van der Waals surface area contributed by atoms with E-state index >= 15 is 0 Å². The molecule has 2 fully saturated rings. The molecule has 35 heavy (non-hydrogen) atoms. The molecule has 8 nitrogen and oxygen atoms in total. The van der Waals surface area contributed by atoms with E-state index in [1.807, 2.05) is 36.4 Å². The van der Waals surface area contributed by atoms with Gasteiger partial charge in [0.25, 0.3) is 0 Å². The molecule has 2 aliphatic carbocycles. The van der Waals surface area contributed by atoms with Crippen LogP contribution in [0, 0.1) is 0 Å². The minimum absolute atomic E-state index is 0.0842. The van der Waals surface area contributed by atoms with E-state index in [1.54, 1.807) is 0 Å². The highest BCUT2D eigenvalue weighted by Crippen LogP contribution is 2.44. The zero-order chi connectivity index (χ0) is 24.5. The average molecular weight is 479 g/mol. The Morgan fingerprint density at radius 3 is 2.00 bits per heavy atom. The quantitative estimate of drug-likeness (QED) is 0.585. The van der Waals surface area contributed by atoms with E-state index < -0.39 is 29.0 Å². The second-order valence-electron chi connectivity index (χ2n) is 9.69. The van der Waals surface area contributed by atoms with Crippen molar-refractivity contribution in [2.75, 3.05) is 19.8 Å². The molecule has 1 saturated heterocycles. The number of carboxylic acids is 1. The van der Waals surface area contributed by atoms with Crippen LogP contribution < -0.4 is 10.6 Å². The number of carbonyl (C=O) groups excluding carboxylic acids is 2. The Morgan fingerprint density at radius 1 is 0.857 bits per heavy atom. The first-order chi connectivity index (χ1) is 16.9. The molecule has 8 heteroatoms.